The van der Waals surface area contributed by atoms with E-state index in [1.54, 1.807) is 11.1 Å². The van der Waals surface area contributed by atoms with Crippen LogP contribution in [0.3, 0.4) is 0 Å². The summed E-state index contributed by atoms with van der Waals surface area (Å²) >= 11 is 0. The number of fused-ring (bicyclic) bond motifs is 7. The highest BCUT2D eigenvalue weighted by Gasteiger charge is 2.39. The van der Waals surface area contributed by atoms with E-state index in [0.717, 1.165) is 66.1 Å². The molecule has 10 rings (SSSR count). The second-order valence-electron chi connectivity index (χ2n) is 21.4. The molecule has 1 aliphatic heterocycles. The van der Waals surface area contributed by atoms with Crippen molar-refractivity contribution >= 4 is 21.5 Å². The molecule has 0 spiro atoms. The van der Waals surface area contributed by atoms with Gasteiger partial charge in [0.05, 0.1) is 13.2 Å². The molecule has 2 heteroatoms. The summed E-state index contributed by atoms with van der Waals surface area (Å²) in [6.45, 7) is 8.59. The van der Waals surface area contributed by atoms with Gasteiger partial charge in [-0.1, -0.05) is 145 Å². The monoisotopic (exact) mass is 829 g/mol. The predicted molar refractivity (Wildman–Crippen MR) is 262 cm³/mol. The Morgan fingerprint density at radius 3 is 1.87 bits per heavy atom. The lowest BCUT2D eigenvalue weighted by molar-refractivity contribution is 0.0893. The summed E-state index contributed by atoms with van der Waals surface area (Å²) in [6.07, 6.45) is 25.9. The molecule has 5 aromatic rings. The maximum absolute atomic E-state index is 7.39. The fourth-order valence-corrected chi connectivity index (χ4v) is 14.1. The van der Waals surface area contributed by atoms with Gasteiger partial charge in [0.1, 0.15) is 11.5 Å². The smallest absolute Gasteiger partial charge is 0.128 e. The van der Waals surface area contributed by atoms with Crippen molar-refractivity contribution in [1.29, 1.82) is 0 Å². The van der Waals surface area contributed by atoms with E-state index in [1.165, 1.54) is 160 Å². The van der Waals surface area contributed by atoms with E-state index in [9.17, 15) is 0 Å². The van der Waals surface area contributed by atoms with Crippen LogP contribution in [0.1, 0.15) is 165 Å². The van der Waals surface area contributed by atoms with Gasteiger partial charge in [0.25, 0.3) is 0 Å². The van der Waals surface area contributed by atoms with Crippen LogP contribution < -0.4 is 9.47 Å². The number of ether oxygens (including phenoxy) is 2. The molecule has 5 aliphatic rings. The van der Waals surface area contributed by atoms with Crippen LogP contribution in [0.25, 0.3) is 32.7 Å². The summed E-state index contributed by atoms with van der Waals surface area (Å²) in [5, 5.41) is 5.30. The number of hydrogen-bond donors (Lipinski definition) is 0. The van der Waals surface area contributed by atoms with E-state index in [0.29, 0.717) is 17.8 Å². The van der Waals surface area contributed by atoms with Gasteiger partial charge in [-0.3, -0.25) is 0 Å². The Kier molecular flexibility index (Phi) is 13.0. The molecule has 1 heterocycles. The summed E-state index contributed by atoms with van der Waals surface area (Å²) in [5.41, 5.74) is 7.12. The molecular formula is C60H76O2. The highest BCUT2D eigenvalue weighted by molar-refractivity contribution is 6.10. The first-order valence-corrected chi connectivity index (χ1v) is 26.0. The quantitative estimate of drug-likeness (QED) is 0.140. The molecule has 328 valence electrons. The zero-order valence-corrected chi connectivity index (χ0v) is 38.6. The van der Waals surface area contributed by atoms with E-state index in [1.807, 2.05) is 0 Å². The predicted octanol–water partition coefficient (Wildman–Crippen LogP) is 16.9. The van der Waals surface area contributed by atoms with Gasteiger partial charge < -0.3 is 9.47 Å². The third-order valence-corrected chi connectivity index (χ3v) is 17.9. The lowest BCUT2D eigenvalue weighted by Crippen LogP contribution is -2.32. The average Bonchev–Trinajstić information content (AvgIpc) is 3.89. The SMILES string of the molecule is CCCC1CCC(C2CCC(c3ccc(CC(C)CC)cc3)CC2)CC1c1cc2c(c3ccccc13)-c1c(ccc3ccccc13)OCC(C1CCC(C3CCCC3)CC1)CO2. The minimum absolute atomic E-state index is 0.393. The highest BCUT2D eigenvalue weighted by Crippen LogP contribution is 2.54. The first-order valence-electron chi connectivity index (χ1n) is 26.0. The van der Waals surface area contributed by atoms with Crippen molar-refractivity contribution in [2.75, 3.05) is 13.2 Å². The van der Waals surface area contributed by atoms with Gasteiger partial charge in [0.2, 0.25) is 0 Å². The first-order chi connectivity index (χ1) is 30.5. The van der Waals surface area contributed by atoms with Gasteiger partial charge in [-0.15, -0.1) is 0 Å². The molecule has 5 atom stereocenters. The molecule has 0 amide bonds. The fourth-order valence-electron chi connectivity index (χ4n) is 14.1. The van der Waals surface area contributed by atoms with Gasteiger partial charge in [-0.2, -0.15) is 0 Å². The van der Waals surface area contributed by atoms with Crippen molar-refractivity contribution in [3.63, 3.8) is 0 Å². The van der Waals surface area contributed by atoms with Gasteiger partial charge in [-0.05, 0) is 181 Å². The summed E-state index contributed by atoms with van der Waals surface area (Å²) in [4.78, 5) is 0. The Labute approximate surface area is 375 Å². The van der Waals surface area contributed by atoms with Gasteiger partial charge in [0, 0.05) is 17.0 Å². The molecule has 62 heavy (non-hydrogen) atoms. The number of benzene rings is 5. The molecule has 4 aliphatic carbocycles. The highest BCUT2D eigenvalue weighted by atomic mass is 16.5. The normalized spacial score (nSPS) is 28.8. The molecule has 0 saturated heterocycles. The average molecular weight is 829 g/mol. The first kappa shape index (κ1) is 42.2. The summed E-state index contributed by atoms with van der Waals surface area (Å²) in [7, 11) is 0. The maximum atomic E-state index is 7.39. The van der Waals surface area contributed by atoms with E-state index in [2.05, 4.69) is 112 Å². The van der Waals surface area contributed by atoms with E-state index < -0.39 is 0 Å². The Morgan fingerprint density at radius 1 is 0.548 bits per heavy atom. The lowest BCUT2D eigenvalue weighted by Gasteiger charge is -2.42. The van der Waals surface area contributed by atoms with Crippen molar-refractivity contribution < 1.29 is 9.47 Å². The minimum Gasteiger partial charge on any atom is -0.492 e. The molecule has 2 nitrogen and oxygen atoms in total. The Morgan fingerprint density at radius 2 is 1.15 bits per heavy atom. The standard InChI is InChI=1S/C60H76O2/c1-4-12-48-31-32-50(46-27-23-45(24-28-46)43-21-19-41(20-22-43)35-40(3)5-2)36-55(48)56-37-58-60(54-18-11-10-17-53(54)56)59-52-16-9-8-15-49(52)33-34-57(59)61-38-51(39-62-58)47-29-25-44(26-30-47)42-13-6-7-14-42/h8-11,15-22,33-34,37,40,42,44-48,50-51,55H,4-7,12-14,23-32,35-36,38-39H2,1-3H3. The maximum Gasteiger partial charge on any atom is 0.128 e. The van der Waals surface area contributed by atoms with Crippen LogP contribution in [0.2, 0.25) is 0 Å². The van der Waals surface area contributed by atoms with Crippen LogP contribution in [0.4, 0.5) is 0 Å². The molecule has 4 saturated carbocycles. The van der Waals surface area contributed by atoms with Gasteiger partial charge in [0.15, 0.2) is 0 Å². The summed E-state index contributed by atoms with van der Waals surface area (Å²) < 4.78 is 14.5. The lowest BCUT2D eigenvalue weighted by atomic mass is 9.63. The van der Waals surface area contributed by atoms with Crippen molar-refractivity contribution in [2.24, 2.45) is 47.3 Å². The van der Waals surface area contributed by atoms with Crippen molar-refractivity contribution in [3.05, 3.63) is 108 Å². The molecule has 5 aromatic carbocycles. The molecule has 0 N–H and O–H groups in total. The van der Waals surface area contributed by atoms with Crippen LogP contribution in [-0.2, 0) is 6.42 Å². The Balaban J connectivity index is 0.959. The van der Waals surface area contributed by atoms with Crippen molar-refractivity contribution in [3.8, 4) is 22.6 Å². The topological polar surface area (TPSA) is 18.5 Å². The van der Waals surface area contributed by atoms with Crippen LogP contribution in [0, 0.1) is 47.3 Å². The van der Waals surface area contributed by atoms with E-state index >= 15 is 0 Å². The fraction of sp³-hybridized carbons (Fsp3) is 0.567. The summed E-state index contributed by atoms with van der Waals surface area (Å²) in [5.74, 6) is 9.51. The van der Waals surface area contributed by atoms with Crippen molar-refractivity contribution in [2.45, 2.75) is 155 Å². The number of hydrogen-bond acceptors (Lipinski definition) is 2. The molecule has 0 aromatic heterocycles. The molecular weight excluding hydrogens is 753 g/mol. The zero-order chi connectivity index (χ0) is 42.0. The minimum atomic E-state index is 0.393. The van der Waals surface area contributed by atoms with Crippen LogP contribution in [0.5, 0.6) is 11.5 Å². The second-order valence-corrected chi connectivity index (χ2v) is 21.4. The molecule has 0 bridgehead atoms. The molecule has 4 fully saturated rings. The zero-order valence-electron chi connectivity index (χ0n) is 38.6. The van der Waals surface area contributed by atoms with E-state index in [-0.39, 0.29) is 0 Å². The summed E-state index contributed by atoms with van der Waals surface area (Å²) in [6, 6.07) is 35.3. The van der Waals surface area contributed by atoms with Crippen LogP contribution in [0.15, 0.2) is 91.0 Å². The van der Waals surface area contributed by atoms with Crippen LogP contribution in [-0.4, -0.2) is 13.2 Å². The third kappa shape index (κ3) is 8.72. The van der Waals surface area contributed by atoms with E-state index in [4.69, 9.17) is 9.47 Å². The second kappa shape index (κ2) is 19.1. The van der Waals surface area contributed by atoms with Gasteiger partial charge >= 0.3 is 0 Å². The Bertz CT molecular complexity index is 2250. The number of rotatable bonds is 10. The third-order valence-electron chi connectivity index (χ3n) is 17.9. The molecule has 0 radical (unpaired) electrons. The van der Waals surface area contributed by atoms with Crippen molar-refractivity contribution in [1.82, 2.24) is 0 Å². The Hall–Kier alpha value is -3.78. The largest absolute Gasteiger partial charge is 0.492 e. The van der Waals surface area contributed by atoms with Crippen LogP contribution >= 0.6 is 0 Å². The van der Waals surface area contributed by atoms with Gasteiger partial charge in [-0.25, -0.2) is 0 Å². The molecule has 5 unspecified atom stereocenters.